The quantitative estimate of drug-likeness (QED) is 0.879. The number of carbonyl (C=O) groups is 1. The largest absolute Gasteiger partial charge is 0.325 e. The number of likely N-dealkylation sites (tertiary alicyclic amines) is 2. The Balaban J connectivity index is 1.37. The Bertz CT molecular complexity index is 751. The van der Waals surface area contributed by atoms with Crippen LogP contribution in [0.4, 0.5) is 4.79 Å². The zero-order valence-corrected chi connectivity index (χ0v) is 15.9. The van der Waals surface area contributed by atoms with Crippen molar-refractivity contribution in [3.8, 4) is 0 Å². The van der Waals surface area contributed by atoms with Crippen LogP contribution >= 0.6 is 0 Å². The van der Waals surface area contributed by atoms with E-state index in [4.69, 9.17) is 0 Å². The van der Waals surface area contributed by atoms with Crippen LogP contribution in [0.3, 0.4) is 0 Å². The van der Waals surface area contributed by atoms with Gasteiger partial charge in [-0.15, -0.1) is 0 Å². The number of amides is 2. The van der Waals surface area contributed by atoms with Crippen molar-refractivity contribution < 1.29 is 13.2 Å². The molecule has 1 saturated carbocycles. The highest BCUT2D eigenvalue weighted by Gasteiger charge is 2.50. The zero-order chi connectivity index (χ0) is 18.2. The first-order valence-electron chi connectivity index (χ1n) is 9.61. The summed E-state index contributed by atoms with van der Waals surface area (Å²) < 4.78 is 28.2. The molecule has 0 unspecified atom stereocenters. The fraction of sp³-hybridized carbons (Fsp3) is 0.632. The minimum atomic E-state index is -3.48. The summed E-state index contributed by atoms with van der Waals surface area (Å²) in [4.78, 5) is 16.8. The average Bonchev–Trinajstić information content (AvgIpc) is 3.20. The predicted molar refractivity (Wildman–Crippen MR) is 99.2 cm³/mol. The second-order valence-corrected chi connectivity index (χ2v) is 9.57. The van der Waals surface area contributed by atoms with Gasteiger partial charge in [0.05, 0.1) is 4.90 Å². The van der Waals surface area contributed by atoms with Gasteiger partial charge in [-0.1, -0.05) is 18.2 Å². The Morgan fingerprint density at radius 1 is 0.962 bits per heavy atom. The first kappa shape index (κ1) is 17.8. The van der Waals surface area contributed by atoms with Crippen LogP contribution in [0.2, 0.25) is 0 Å². The smallest absolute Gasteiger partial charge is 0.319 e. The Hall–Kier alpha value is -1.60. The fourth-order valence-electron chi connectivity index (χ4n) is 4.59. The minimum absolute atomic E-state index is 0.0169. The SMILES string of the molecule is O=C(N1CCCC1)N1CCC2(CC[C@@H]2NS(=O)(=O)c2ccccc2)CC1. The Kier molecular flexibility index (Phi) is 4.69. The van der Waals surface area contributed by atoms with E-state index in [0.717, 1.165) is 64.7 Å². The highest BCUT2D eigenvalue weighted by molar-refractivity contribution is 7.89. The zero-order valence-electron chi connectivity index (χ0n) is 15.1. The van der Waals surface area contributed by atoms with E-state index in [1.807, 2.05) is 15.9 Å². The molecule has 142 valence electrons. The third-order valence-electron chi connectivity index (χ3n) is 6.43. The summed E-state index contributed by atoms with van der Waals surface area (Å²) in [5, 5.41) is 0. The average molecular weight is 378 g/mol. The highest BCUT2D eigenvalue weighted by atomic mass is 32.2. The molecule has 3 aliphatic rings. The second-order valence-electron chi connectivity index (χ2n) is 7.85. The standard InChI is InChI=1S/C19H27N3O3S/c23-18(21-12-4-5-13-21)22-14-10-19(11-15-22)9-8-17(19)20-26(24,25)16-6-2-1-3-7-16/h1-3,6-7,17,20H,4-5,8-15H2/t17-/m0/s1. The summed E-state index contributed by atoms with van der Waals surface area (Å²) in [6, 6.07) is 8.71. The van der Waals surface area contributed by atoms with Crippen LogP contribution < -0.4 is 4.72 Å². The molecule has 6 nitrogen and oxygen atoms in total. The van der Waals surface area contributed by atoms with Gasteiger partial charge in [0, 0.05) is 32.2 Å². The van der Waals surface area contributed by atoms with Gasteiger partial charge in [0.15, 0.2) is 0 Å². The van der Waals surface area contributed by atoms with Gasteiger partial charge in [-0.25, -0.2) is 17.9 Å². The number of carbonyl (C=O) groups excluding carboxylic acids is 1. The van der Waals surface area contributed by atoms with Gasteiger partial charge in [-0.05, 0) is 56.1 Å². The normalized spacial score (nSPS) is 25.3. The number of piperidine rings is 1. The number of benzene rings is 1. The molecule has 1 aromatic rings. The Labute approximate surface area is 155 Å². The monoisotopic (exact) mass is 377 g/mol. The highest BCUT2D eigenvalue weighted by Crippen LogP contribution is 2.49. The molecule has 3 fully saturated rings. The number of rotatable bonds is 3. The lowest BCUT2D eigenvalue weighted by atomic mass is 9.60. The van der Waals surface area contributed by atoms with E-state index in [1.165, 1.54) is 0 Å². The number of hydrogen-bond donors (Lipinski definition) is 1. The van der Waals surface area contributed by atoms with Gasteiger partial charge in [-0.2, -0.15) is 0 Å². The van der Waals surface area contributed by atoms with Gasteiger partial charge >= 0.3 is 6.03 Å². The van der Waals surface area contributed by atoms with Crippen LogP contribution in [0.25, 0.3) is 0 Å². The lowest BCUT2D eigenvalue weighted by Gasteiger charge is -2.54. The van der Waals surface area contributed by atoms with Crippen LogP contribution in [0.15, 0.2) is 35.2 Å². The van der Waals surface area contributed by atoms with E-state index in [2.05, 4.69) is 4.72 Å². The molecule has 1 atom stereocenters. The van der Waals surface area contributed by atoms with E-state index in [-0.39, 0.29) is 17.5 Å². The summed E-state index contributed by atoms with van der Waals surface area (Å²) in [5.41, 5.74) is 0.0175. The molecule has 2 heterocycles. The van der Waals surface area contributed by atoms with Crippen molar-refractivity contribution in [1.82, 2.24) is 14.5 Å². The van der Waals surface area contributed by atoms with E-state index < -0.39 is 10.0 Å². The molecule has 0 radical (unpaired) electrons. The lowest BCUT2D eigenvalue weighted by molar-refractivity contribution is 0.00995. The maximum absolute atomic E-state index is 12.6. The number of nitrogens with one attached hydrogen (secondary N) is 1. The maximum Gasteiger partial charge on any atom is 0.319 e. The summed E-state index contributed by atoms with van der Waals surface area (Å²) in [5.74, 6) is 0. The first-order chi connectivity index (χ1) is 12.5. The molecule has 4 rings (SSSR count). The van der Waals surface area contributed by atoms with E-state index >= 15 is 0 Å². The summed E-state index contributed by atoms with van der Waals surface area (Å²) in [6.07, 6.45) is 5.90. The van der Waals surface area contributed by atoms with E-state index in [9.17, 15) is 13.2 Å². The van der Waals surface area contributed by atoms with Crippen molar-refractivity contribution in [2.24, 2.45) is 5.41 Å². The van der Waals surface area contributed by atoms with Crippen molar-refractivity contribution in [2.45, 2.75) is 49.5 Å². The molecule has 0 aromatic heterocycles. The maximum atomic E-state index is 12.6. The first-order valence-corrected chi connectivity index (χ1v) is 11.1. The molecule has 26 heavy (non-hydrogen) atoms. The van der Waals surface area contributed by atoms with E-state index in [0.29, 0.717) is 4.90 Å². The topological polar surface area (TPSA) is 69.7 Å². The molecule has 2 amide bonds. The minimum Gasteiger partial charge on any atom is -0.325 e. The van der Waals surface area contributed by atoms with Crippen molar-refractivity contribution in [3.05, 3.63) is 30.3 Å². The molecule has 7 heteroatoms. The predicted octanol–water partition coefficient (Wildman–Crippen LogP) is 2.43. The third kappa shape index (κ3) is 3.22. The van der Waals surface area contributed by atoms with Gasteiger partial charge in [0.2, 0.25) is 10.0 Å². The van der Waals surface area contributed by atoms with Crippen molar-refractivity contribution >= 4 is 16.1 Å². The molecule has 1 spiro atoms. The summed E-state index contributed by atoms with van der Waals surface area (Å²) >= 11 is 0. The van der Waals surface area contributed by atoms with Crippen molar-refractivity contribution in [1.29, 1.82) is 0 Å². The van der Waals surface area contributed by atoms with Gasteiger partial charge in [0.25, 0.3) is 0 Å². The van der Waals surface area contributed by atoms with E-state index in [1.54, 1.807) is 24.3 Å². The molecule has 2 aliphatic heterocycles. The van der Waals surface area contributed by atoms with Gasteiger partial charge in [0.1, 0.15) is 0 Å². The molecule has 1 aromatic carbocycles. The van der Waals surface area contributed by atoms with Gasteiger partial charge < -0.3 is 9.80 Å². The van der Waals surface area contributed by atoms with Crippen molar-refractivity contribution in [3.63, 3.8) is 0 Å². The fourth-order valence-corrected chi connectivity index (χ4v) is 5.98. The van der Waals surface area contributed by atoms with Crippen LogP contribution in [0.5, 0.6) is 0 Å². The number of nitrogens with zero attached hydrogens (tertiary/aromatic N) is 2. The van der Waals surface area contributed by atoms with Crippen LogP contribution in [-0.2, 0) is 10.0 Å². The lowest BCUT2D eigenvalue weighted by Crippen LogP contribution is -2.60. The van der Waals surface area contributed by atoms with Gasteiger partial charge in [-0.3, -0.25) is 0 Å². The third-order valence-corrected chi connectivity index (χ3v) is 7.91. The molecule has 1 N–H and O–H groups in total. The number of urea groups is 1. The Morgan fingerprint density at radius 3 is 2.15 bits per heavy atom. The number of sulfonamides is 1. The van der Waals surface area contributed by atoms with Crippen LogP contribution in [-0.4, -0.2) is 56.5 Å². The molecule has 2 saturated heterocycles. The number of hydrogen-bond acceptors (Lipinski definition) is 3. The summed E-state index contributed by atoms with van der Waals surface area (Å²) in [6.45, 7) is 3.22. The molecule has 0 bridgehead atoms. The van der Waals surface area contributed by atoms with Crippen LogP contribution in [0.1, 0.15) is 38.5 Å². The molecular formula is C19H27N3O3S. The molecule has 1 aliphatic carbocycles. The second kappa shape index (κ2) is 6.85. The van der Waals surface area contributed by atoms with Crippen LogP contribution in [0, 0.1) is 5.41 Å². The van der Waals surface area contributed by atoms with Crippen molar-refractivity contribution in [2.75, 3.05) is 26.2 Å². The summed E-state index contributed by atoms with van der Waals surface area (Å²) in [7, 11) is -3.48. The molecular weight excluding hydrogens is 350 g/mol. The Morgan fingerprint density at radius 2 is 1.58 bits per heavy atom.